The van der Waals surface area contributed by atoms with E-state index < -0.39 is 0 Å². The summed E-state index contributed by atoms with van der Waals surface area (Å²) < 4.78 is 5.91. The summed E-state index contributed by atoms with van der Waals surface area (Å²) in [5.41, 5.74) is 0. The fraction of sp³-hybridized carbons (Fsp3) is 0.848. The molecule has 3 heteroatoms. The third-order valence-corrected chi connectivity index (χ3v) is 6.89. The largest absolute Gasteiger partial charge is 0.462 e. The molecule has 3 nitrogen and oxygen atoms in total. The van der Waals surface area contributed by atoms with Gasteiger partial charge < -0.3 is 9.64 Å². The van der Waals surface area contributed by atoms with E-state index in [1.54, 1.807) is 0 Å². The van der Waals surface area contributed by atoms with Crippen LogP contribution < -0.4 is 0 Å². The second-order valence-corrected chi connectivity index (χ2v) is 10.9. The summed E-state index contributed by atoms with van der Waals surface area (Å²) in [5, 5.41) is 0. The fourth-order valence-electron chi connectivity index (χ4n) is 4.56. The van der Waals surface area contributed by atoms with Gasteiger partial charge in [-0.25, -0.2) is 0 Å². The molecule has 0 bridgehead atoms. The van der Waals surface area contributed by atoms with Gasteiger partial charge in [-0.3, -0.25) is 4.79 Å². The highest BCUT2D eigenvalue weighted by molar-refractivity contribution is 5.69. The number of hydrogen-bond donors (Lipinski definition) is 0. The van der Waals surface area contributed by atoms with Gasteiger partial charge in [-0.15, -0.1) is 0 Å². The van der Waals surface area contributed by atoms with Crippen molar-refractivity contribution in [3.8, 4) is 0 Å². The first-order valence-corrected chi connectivity index (χ1v) is 15.7. The number of carbonyl (C=O) groups excluding carboxylic acids is 1. The SMILES string of the molecule is CCCCC/C=C\C/C=C\CCCCCCCCC(CCCCCCCC)OC(=O)CCCN(C)C. The van der Waals surface area contributed by atoms with Crippen molar-refractivity contribution < 1.29 is 9.53 Å². The minimum absolute atomic E-state index is 0.00729. The molecule has 0 heterocycles. The predicted octanol–water partition coefficient (Wildman–Crippen LogP) is 10.2. The Labute approximate surface area is 226 Å². The molecule has 0 spiro atoms. The van der Waals surface area contributed by atoms with Gasteiger partial charge in [0.25, 0.3) is 0 Å². The van der Waals surface area contributed by atoms with E-state index in [2.05, 4.69) is 57.1 Å². The lowest BCUT2D eigenvalue weighted by molar-refractivity contribution is -0.150. The molecular formula is C33H63NO2. The maximum atomic E-state index is 12.3. The van der Waals surface area contributed by atoms with Gasteiger partial charge >= 0.3 is 5.97 Å². The topological polar surface area (TPSA) is 29.5 Å². The molecule has 0 saturated carbocycles. The molecule has 0 radical (unpaired) electrons. The normalized spacial score (nSPS) is 12.8. The van der Waals surface area contributed by atoms with Crippen molar-refractivity contribution in [2.45, 2.75) is 161 Å². The Kier molecular flexibility index (Phi) is 27.6. The molecule has 0 aliphatic carbocycles. The van der Waals surface area contributed by atoms with Crippen molar-refractivity contribution >= 4 is 5.97 Å². The highest BCUT2D eigenvalue weighted by Crippen LogP contribution is 2.18. The number of unbranched alkanes of at least 4 members (excludes halogenated alkanes) is 14. The lowest BCUT2D eigenvalue weighted by Crippen LogP contribution is -2.20. The molecule has 0 fully saturated rings. The third-order valence-electron chi connectivity index (χ3n) is 6.89. The Morgan fingerprint density at radius 2 is 1.11 bits per heavy atom. The average Bonchev–Trinajstić information content (AvgIpc) is 2.85. The molecule has 0 aliphatic rings. The molecule has 0 N–H and O–H groups in total. The standard InChI is InChI=1S/C33H63NO2/c1-5-7-9-11-13-14-15-16-17-18-19-20-21-22-24-26-29-32(28-25-23-12-10-8-6-2)36-33(35)30-27-31-34(3)4/h13-14,16-17,32H,5-12,15,18-31H2,1-4H3/b14-13-,17-16-. The van der Waals surface area contributed by atoms with Crippen LogP contribution in [-0.4, -0.2) is 37.6 Å². The number of esters is 1. The molecule has 0 aromatic heterocycles. The van der Waals surface area contributed by atoms with Crippen molar-refractivity contribution in [2.75, 3.05) is 20.6 Å². The van der Waals surface area contributed by atoms with E-state index >= 15 is 0 Å². The summed E-state index contributed by atoms with van der Waals surface area (Å²) in [6.45, 7) is 5.47. The summed E-state index contributed by atoms with van der Waals surface area (Å²) in [4.78, 5) is 14.5. The van der Waals surface area contributed by atoms with Crippen LogP contribution in [0.3, 0.4) is 0 Å². The number of hydrogen-bond acceptors (Lipinski definition) is 3. The lowest BCUT2D eigenvalue weighted by Gasteiger charge is -2.18. The summed E-state index contributed by atoms with van der Waals surface area (Å²) in [6.07, 6.45) is 36.0. The summed E-state index contributed by atoms with van der Waals surface area (Å²) in [7, 11) is 4.11. The van der Waals surface area contributed by atoms with Gasteiger partial charge in [-0.1, -0.05) is 109 Å². The second-order valence-electron chi connectivity index (χ2n) is 10.9. The zero-order valence-corrected chi connectivity index (χ0v) is 24.9. The molecule has 0 saturated heterocycles. The Morgan fingerprint density at radius 1 is 0.639 bits per heavy atom. The first-order valence-electron chi connectivity index (χ1n) is 15.7. The predicted molar refractivity (Wildman–Crippen MR) is 160 cm³/mol. The van der Waals surface area contributed by atoms with Gasteiger partial charge in [0.1, 0.15) is 6.10 Å². The molecule has 0 rings (SSSR count). The zero-order valence-electron chi connectivity index (χ0n) is 24.9. The number of allylic oxidation sites excluding steroid dienone is 4. The third kappa shape index (κ3) is 27.5. The van der Waals surface area contributed by atoms with Crippen molar-refractivity contribution in [1.82, 2.24) is 4.90 Å². The van der Waals surface area contributed by atoms with Gasteiger partial charge in [0.2, 0.25) is 0 Å². The fourth-order valence-corrected chi connectivity index (χ4v) is 4.56. The van der Waals surface area contributed by atoms with Crippen molar-refractivity contribution in [3.63, 3.8) is 0 Å². The minimum Gasteiger partial charge on any atom is -0.462 e. The van der Waals surface area contributed by atoms with Crippen molar-refractivity contribution in [3.05, 3.63) is 24.3 Å². The molecule has 0 aromatic carbocycles. The Bertz CT molecular complexity index is 512. The number of carbonyl (C=O) groups is 1. The Morgan fingerprint density at radius 3 is 1.67 bits per heavy atom. The van der Waals surface area contributed by atoms with Crippen LogP contribution >= 0.6 is 0 Å². The average molecular weight is 506 g/mol. The van der Waals surface area contributed by atoms with Gasteiger partial charge in [0.05, 0.1) is 0 Å². The van der Waals surface area contributed by atoms with E-state index in [0.29, 0.717) is 6.42 Å². The minimum atomic E-state index is 0.00729. The summed E-state index contributed by atoms with van der Waals surface area (Å²) >= 11 is 0. The Balaban J connectivity index is 3.91. The van der Waals surface area contributed by atoms with Gasteiger partial charge in [-0.05, 0) is 84.8 Å². The van der Waals surface area contributed by atoms with E-state index in [-0.39, 0.29) is 12.1 Å². The van der Waals surface area contributed by atoms with Crippen LogP contribution in [0.2, 0.25) is 0 Å². The van der Waals surface area contributed by atoms with Crippen LogP contribution in [0.15, 0.2) is 24.3 Å². The van der Waals surface area contributed by atoms with E-state index in [0.717, 1.165) is 32.2 Å². The Hall–Kier alpha value is -1.09. The lowest BCUT2D eigenvalue weighted by atomic mass is 10.0. The van der Waals surface area contributed by atoms with E-state index in [4.69, 9.17) is 4.74 Å². The maximum absolute atomic E-state index is 12.3. The van der Waals surface area contributed by atoms with Crippen LogP contribution in [0.4, 0.5) is 0 Å². The molecule has 0 aliphatic heterocycles. The molecule has 36 heavy (non-hydrogen) atoms. The van der Waals surface area contributed by atoms with E-state index in [1.807, 2.05) is 0 Å². The van der Waals surface area contributed by atoms with E-state index in [1.165, 1.54) is 109 Å². The number of nitrogens with zero attached hydrogens (tertiary/aromatic N) is 1. The van der Waals surface area contributed by atoms with Gasteiger partial charge in [-0.2, -0.15) is 0 Å². The number of ether oxygens (including phenoxy) is 1. The highest BCUT2D eigenvalue weighted by atomic mass is 16.5. The summed E-state index contributed by atoms with van der Waals surface area (Å²) in [6, 6.07) is 0. The monoisotopic (exact) mass is 505 g/mol. The molecular weight excluding hydrogens is 442 g/mol. The van der Waals surface area contributed by atoms with E-state index in [9.17, 15) is 4.79 Å². The van der Waals surface area contributed by atoms with Crippen molar-refractivity contribution in [1.29, 1.82) is 0 Å². The van der Waals surface area contributed by atoms with Crippen molar-refractivity contribution in [2.24, 2.45) is 0 Å². The van der Waals surface area contributed by atoms with Crippen LogP contribution in [0, 0.1) is 0 Å². The molecule has 1 unspecified atom stereocenters. The van der Waals surface area contributed by atoms with Crippen LogP contribution in [0.25, 0.3) is 0 Å². The van der Waals surface area contributed by atoms with Crippen LogP contribution in [0.5, 0.6) is 0 Å². The van der Waals surface area contributed by atoms with Crippen LogP contribution in [-0.2, 0) is 9.53 Å². The van der Waals surface area contributed by atoms with Gasteiger partial charge in [0, 0.05) is 6.42 Å². The molecule has 212 valence electrons. The van der Waals surface area contributed by atoms with Gasteiger partial charge in [0.15, 0.2) is 0 Å². The quantitative estimate of drug-likeness (QED) is 0.0631. The smallest absolute Gasteiger partial charge is 0.306 e. The molecule has 0 aromatic rings. The molecule has 1 atom stereocenters. The zero-order chi connectivity index (χ0) is 26.5. The first kappa shape index (κ1) is 34.9. The molecule has 0 amide bonds. The highest BCUT2D eigenvalue weighted by Gasteiger charge is 2.14. The first-order chi connectivity index (χ1) is 17.6. The second kappa shape index (κ2) is 28.5. The summed E-state index contributed by atoms with van der Waals surface area (Å²) in [5.74, 6) is 0.00729. The maximum Gasteiger partial charge on any atom is 0.306 e. The number of rotatable bonds is 27. The van der Waals surface area contributed by atoms with Crippen LogP contribution in [0.1, 0.15) is 155 Å².